The topological polar surface area (TPSA) is 114 Å². The number of aliphatic carboxylic acids is 1. The Labute approximate surface area is 197 Å². The molecule has 2 aromatic carbocycles. The lowest BCUT2D eigenvalue weighted by Crippen LogP contribution is -2.53. The summed E-state index contributed by atoms with van der Waals surface area (Å²) in [4.78, 5) is 36.5. The molecule has 6 rings (SSSR count). The van der Waals surface area contributed by atoms with Gasteiger partial charge in [-0.05, 0) is 47.4 Å². The number of carbonyl (C=O) groups excluding carboxylic acids is 2. The van der Waals surface area contributed by atoms with Crippen LogP contribution in [0, 0.1) is 5.92 Å². The normalized spacial score (nSPS) is 22.8. The molecule has 1 unspecified atom stereocenters. The van der Waals surface area contributed by atoms with Crippen LogP contribution in [-0.2, 0) is 19.1 Å². The molecule has 2 bridgehead atoms. The van der Waals surface area contributed by atoms with Crippen molar-refractivity contribution < 1.29 is 29.0 Å². The van der Waals surface area contributed by atoms with Crippen LogP contribution in [0.2, 0.25) is 0 Å². The summed E-state index contributed by atoms with van der Waals surface area (Å²) >= 11 is 0. The van der Waals surface area contributed by atoms with E-state index in [1.54, 1.807) is 0 Å². The minimum absolute atomic E-state index is 0.0259. The van der Waals surface area contributed by atoms with E-state index in [1.165, 1.54) is 0 Å². The number of carboxylic acids is 1. The van der Waals surface area contributed by atoms with Crippen LogP contribution in [0.3, 0.4) is 0 Å². The number of rotatable bonds is 9. The van der Waals surface area contributed by atoms with Crippen LogP contribution < -0.4 is 10.6 Å². The van der Waals surface area contributed by atoms with E-state index in [2.05, 4.69) is 22.8 Å². The van der Waals surface area contributed by atoms with Gasteiger partial charge in [-0.1, -0.05) is 48.5 Å². The molecule has 2 aromatic rings. The number of alkyl carbamates (subject to hydrolysis) is 1. The first-order chi connectivity index (χ1) is 16.4. The maximum Gasteiger partial charge on any atom is 0.407 e. The van der Waals surface area contributed by atoms with Crippen LogP contribution in [-0.4, -0.2) is 54.5 Å². The van der Waals surface area contributed by atoms with Crippen LogP contribution in [0.15, 0.2) is 48.5 Å². The van der Waals surface area contributed by atoms with Gasteiger partial charge in [-0.25, -0.2) is 4.79 Å². The van der Waals surface area contributed by atoms with Crippen molar-refractivity contribution >= 4 is 18.0 Å². The second-order valence-corrected chi connectivity index (χ2v) is 9.44. The third-order valence-electron chi connectivity index (χ3n) is 7.13. The minimum Gasteiger partial charge on any atom is -0.481 e. The lowest BCUT2D eigenvalue weighted by molar-refractivity contribution is -0.137. The van der Waals surface area contributed by atoms with Gasteiger partial charge in [0.1, 0.15) is 12.6 Å². The van der Waals surface area contributed by atoms with E-state index < -0.39 is 24.0 Å². The van der Waals surface area contributed by atoms with Crippen LogP contribution in [0.4, 0.5) is 4.79 Å². The summed E-state index contributed by atoms with van der Waals surface area (Å²) in [6.45, 7) is 1.19. The lowest BCUT2D eigenvalue weighted by Gasteiger charge is -2.36. The Hall–Kier alpha value is -3.39. The molecule has 34 heavy (non-hydrogen) atoms. The maximum atomic E-state index is 12.8. The molecule has 2 amide bonds. The third-order valence-corrected chi connectivity index (χ3v) is 7.13. The molecule has 3 fully saturated rings. The van der Waals surface area contributed by atoms with Crippen LogP contribution >= 0.6 is 0 Å². The second-order valence-electron chi connectivity index (χ2n) is 9.44. The number of amides is 2. The van der Waals surface area contributed by atoms with Crippen molar-refractivity contribution in [2.75, 3.05) is 19.8 Å². The highest BCUT2D eigenvalue weighted by molar-refractivity contribution is 5.86. The van der Waals surface area contributed by atoms with Crippen LogP contribution in [0.5, 0.6) is 0 Å². The van der Waals surface area contributed by atoms with Gasteiger partial charge in [-0.15, -0.1) is 0 Å². The van der Waals surface area contributed by atoms with Gasteiger partial charge >= 0.3 is 12.1 Å². The van der Waals surface area contributed by atoms with Gasteiger partial charge < -0.3 is 25.2 Å². The van der Waals surface area contributed by atoms with E-state index in [0.717, 1.165) is 41.7 Å². The van der Waals surface area contributed by atoms with Crippen molar-refractivity contribution in [3.8, 4) is 11.1 Å². The van der Waals surface area contributed by atoms with Gasteiger partial charge in [-0.3, -0.25) is 9.59 Å². The van der Waals surface area contributed by atoms with Gasteiger partial charge in [0.25, 0.3) is 0 Å². The first-order valence-electron chi connectivity index (χ1n) is 11.7. The average Bonchev–Trinajstić information content (AvgIpc) is 3.50. The Bertz CT molecular complexity index is 1060. The van der Waals surface area contributed by atoms with Gasteiger partial charge in [0.15, 0.2) is 0 Å². The maximum absolute atomic E-state index is 12.8. The lowest BCUT2D eigenvalue weighted by atomic mass is 9.74. The van der Waals surface area contributed by atoms with Gasteiger partial charge in [-0.2, -0.15) is 0 Å². The van der Waals surface area contributed by atoms with Crippen LogP contribution in [0.1, 0.15) is 42.7 Å². The number of benzene rings is 2. The molecule has 1 atom stereocenters. The Kier molecular flexibility index (Phi) is 6.00. The van der Waals surface area contributed by atoms with Crippen molar-refractivity contribution in [1.82, 2.24) is 10.6 Å². The summed E-state index contributed by atoms with van der Waals surface area (Å²) in [5.41, 5.74) is 4.12. The monoisotopic (exact) mass is 464 g/mol. The van der Waals surface area contributed by atoms with Gasteiger partial charge in [0.05, 0.1) is 12.2 Å². The fourth-order valence-electron chi connectivity index (χ4n) is 5.41. The summed E-state index contributed by atoms with van der Waals surface area (Å²) in [5.74, 6) is -0.997. The Balaban J connectivity index is 1.20. The van der Waals surface area contributed by atoms with Crippen molar-refractivity contribution in [3.63, 3.8) is 0 Å². The first-order valence-corrected chi connectivity index (χ1v) is 11.7. The molecule has 8 heteroatoms. The highest BCUT2D eigenvalue weighted by Gasteiger charge is 2.52. The number of hydrogen-bond donors (Lipinski definition) is 3. The molecule has 2 aliphatic heterocycles. The second kappa shape index (κ2) is 9.10. The standard InChI is InChI=1S/C26H28N2O6/c29-23(30)10-9-22(24(31)27-15-26-11-16(12-26)13-34-26)28-25(32)33-14-21-19-7-3-1-5-17(19)18-6-2-4-8-20(18)21/h1-8,16,21-22H,9-15H2,(H,27,31)(H,28,32)(H,29,30). The van der Waals surface area contributed by atoms with Crippen molar-refractivity contribution in [3.05, 3.63) is 59.7 Å². The SMILES string of the molecule is O=C(O)CCC(NC(=O)OCC1c2ccccc2-c2ccccc21)C(=O)NCC12CC(CO1)C2. The highest BCUT2D eigenvalue weighted by atomic mass is 16.5. The summed E-state index contributed by atoms with van der Waals surface area (Å²) < 4.78 is 11.3. The van der Waals surface area contributed by atoms with Crippen molar-refractivity contribution in [2.24, 2.45) is 5.92 Å². The summed E-state index contributed by atoms with van der Waals surface area (Å²) in [6.07, 6.45) is 0.832. The molecular weight excluding hydrogens is 436 g/mol. The molecule has 0 aromatic heterocycles. The highest BCUT2D eigenvalue weighted by Crippen LogP contribution is 2.48. The smallest absolute Gasteiger partial charge is 0.407 e. The first kappa shape index (κ1) is 22.4. The molecule has 1 saturated carbocycles. The van der Waals surface area contributed by atoms with E-state index in [0.29, 0.717) is 12.5 Å². The number of carbonyl (C=O) groups is 3. The summed E-state index contributed by atoms with van der Waals surface area (Å²) in [7, 11) is 0. The third kappa shape index (κ3) is 4.37. The fraction of sp³-hybridized carbons (Fsp3) is 0.423. The van der Waals surface area contributed by atoms with E-state index in [1.807, 2.05) is 36.4 Å². The largest absolute Gasteiger partial charge is 0.481 e. The average molecular weight is 465 g/mol. The predicted molar refractivity (Wildman–Crippen MR) is 123 cm³/mol. The number of nitrogens with one attached hydrogen (secondary N) is 2. The number of fused-ring (bicyclic) bond motifs is 4. The number of carboxylic acid groups (broad SMARTS) is 1. The van der Waals surface area contributed by atoms with E-state index in [9.17, 15) is 14.4 Å². The molecule has 0 spiro atoms. The van der Waals surface area contributed by atoms with E-state index >= 15 is 0 Å². The Morgan fingerprint density at radius 1 is 1.06 bits per heavy atom. The summed E-state index contributed by atoms with van der Waals surface area (Å²) in [5, 5.41) is 14.5. The van der Waals surface area contributed by atoms with Crippen molar-refractivity contribution in [2.45, 2.75) is 43.2 Å². The number of hydrogen-bond acceptors (Lipinski definition) is 5. The molecule has 178 valence electrons. The van der Waals surface area contributed by atoms with Crippen LogP contribution in [0.25, 0.3) is 11.1 Å². The fourth-order valence-corrected chi connectivity index (χ4v) is 5.41. The van der Waals surface area contributed by atoms with Gasteiger partial charge in [0, 0.05) is 18.9 Å². The molecule has 3 N–H and O–H groups in total. The van der Waals surface area contributed by atoms with Gasteiger partial charge in [0.2, 0.25) is 5.91 Å². The Morgan fingerprint density at radius 2 is 1.71 bits per heavy atom. The predicted octanol–water partition coefficient (Wildman–Crippen LogP) is 3.05. The molecule has 2 heterocycles. The molecule has 2 aliphatic carbocycles. The number of ether oxygens (including phenoxy) is 2. The quantitative estimate of drug-likeness (QED) is 0.526. The molecule has 0 radical (unpaired) electrons. The Morgan fingerprint density at radius 3 is 2.29 bits per heavy atom. The van der Waals surface area contributed by atoms with E-state index in [-0.39, 0.29) is 31.0 Å². The minimum atomic E-state index is -1.04. The zero-order chi connectivity index (χ0) is 23.7. The van der Waals surface area contributed by atoms with E-state index in [4.69, 9.17) is 14.6 Å². The van der Waals surface area contributed by atoms with Crippen molar-refractivity contribution in [1.29, 1.82) is 0 Å². The molecule has 4 aliphatic rings. The zero-order valence-corrected chi connectivity index (χ0v) is 18.8. The molecule has 8 nitrogen and oxygen atoms in total. The zero-order valence-electron chi connectivity index (χ0n) is 18.8. The molecular formula is C26H28N2O6. The molecule has 2 saturated heterocycles. The summed E-state index contributed by atoms with van der Waals surface area (Å²) in [6, 6.07) is 15.1.